The van der Waals surface area contributed by atoms with Crippen LogP contribution in [-0.2, 0) is 0 Å². The van der Waals surface area contributed by atoms with Crippen LogP contribution in [0.1, 0.15) is 26.7 Å². The third-order valence-electron chi connectivity index (χ3n) is 2.23. The zero-order valence-corrected chi connectivity index (χ0v) is 8.21. The molecule has 1 fully saturated rings. The summed E-state index contributed by atoms with van der Waals surface area (Å²) < 4.78 is 0. The molecule has 0 saturated heterocycles. The van der Waals surface area contributed by atoms with Gasteiger partial charge in [-0.25, -0.2) is 4.79 Å². The van der Waals surface area contributed by atoms with Gasteiger partial charge in [-0.1, -0.05) is 13.8 Å². The first-order valence-electron chi connectivity index (χ1n) is 4.81. The Labute approximate surface area is 78.7 Å². The van der Waals surface area contributed by atoms with Crippen LogP contribution < -0.4 is 10.6 Å². The molecule has 1 saturated carbocycles. The van der Waals surface area contributed by atoms with Gasteiger partial charge in [0.1, 0.15) is 0 Å². The second-order valence-corrected chi connectivity index (χ2v) is 3.93. The van der Waals surface area contributed by atoms with Gasteiger partial charge in [-0.05, 0) is 18.8 Å². The topological polar surface area (TPSA) is 61.4 Å². The first-order chi connectivity index (χ1) is 6.13. The molecule has 0 aromatic heterocycles. The minimum Gasteiger partial charge on any atom is -0.394 e. The summed E-state index contributed by atoms with van der Waals surface area (Å²) >= 11 is 0. The fourth-order valence-corrected chi connectivity index (χ4v) is 1.05. The highest BCUT2D eigenvalue weighted by molar-refractivity contribution is 5.74. The van der Waals surface area contributed by atoms with Crippen molar-refractivity contribution in [3.63, 3.8) is 0 Å². The highest BCUT2D eigenvalue weighted by atomic mass is 16.3. The standard InChI is InChI=1S/C9H18N2O2/c1-6(2)8(5-12)11-9(13)10-7-3-4-7/h6-8,12H,3-5H2,1-2H3,(H2,10,11,13). The summed E-state index contributed by atoms with van der Waals surface area (Å²) in [5.74, 6) is 0.259. The van der Waals surface area contributed by atoms with E-state index in [-0.39, 0.29) is 24.6 Å². The van der Waals surface area contributed by atoms with Crippen molar-refractivity contribution in [3.05, 3.63) is 0 Å². The molecule has 76 valence electrons. The maximum Gasteiger partial charge on any atom is 0.315 e. The molecule has 0 spiro atoms. The van der Waals surface area contributed by atoms with Crippen LogP contribution in [0, 0.1) is 5.92 Å². The van der Waals surface area contributed by atoms with Gasteiger partial charge in [0.25, 0.3) is 0 Å². The average Bonchev–Trinajstić information content (AvgIpc) is 2.83. The lowest BCUT2D eigenvalue weighted by Crippen LogP contribution is -2.46. The highest BCUT2D eigenvalue weighted by Gasteiger charge is 2.24. The van der Waals surface area contributed by atoms with Crippen LogP contribution in [0.5, 0.6) is 0 Å². The molecule has 13 heavy (non-hydrogen) atoms. The van der Waals surface area contributed by atoms with E-state index in [4.69, 9.17) is 5.11 Å². The van der Waals surface area contributed by atoms with Gasteiger partial charge in [-0.2, -0.15) is 0 Å². The number of carbonyl (C=O) groups is 1. The van der Waals surface area contributed by atoms with Crippen LogP contribution in [-0.4, -0.2) is 29.8 Å². The van der Waals surface area contributed by atoms with Crippen molar-refractivity contribution < 1.29 is 9.90 Å². The quantitative estimate of drug-likeness (QED) is 0.597. The van der Waals surface area contributed by atoms with Crippen molar-refractivity contribution in [1.82, 2.24) is 10.6 Å². The number of carbonyl (C=O) groups excluding carboxylic acids is 1. The Bertz CT molecular complexity index is 178. The van der Waals surface area contributed by atoms with Gasteiger partial charge in [-0.15, -0.1) is 0 Å². The first kappa shape index (κ1) is 10.3. The lowest BCUT2D eigenvalue weighted by Gasteiger charge is -2.19. The summed E-state index contributed by atoms with van der Waals surface area (Å²) in [6, 6.07) is 0.0699. The molecule has 0 aromatic rings. The zero-order chi connectivity index (χ0) is 9.84. The van der Waals surface area contributed by atoms with Gasteiger partial charge >= 0.3 is 6.03 Å². The second kappa shape index (κ2) is 4.46. The Morgan fingerprint density at radius 1 is 1.54 bits per heavy atom. The predicted molar refractivity (Wildman–Crippen MR) is 50.4 cm³/mol. The Morgan fingerprint density at radius 3 is 2.54 bits per heavy atom. The SMILES string of the molecule is CC(C)C(CO)NC(=O)NC1CC1. The van der Waals surface area contributed by atoms with Crippen LogP contribution >= 0.6 is 0 Å². The van der Waals surface area contributed by atoms with Crippen molar-refractivity contribution in [2.24, 2.45) is 5.92 Å². The van der Waals surface area contributed by atoms with Crippen molar-refractivity contribution >= 4 is 6.03 Å². The van der Waals surface area contributed by atoms with Gasteiger partial charge in [0.15, 0.2) is 0 Å². The van der Waals surface area contributed by atoms with Crippen LogP contribution in [0.2, 0.25) is 0 Å². The summed E-state index contributed by atoms with van der Waals surface area (Å²) in [6.07, 6.45) is 2.16. The molecule has 0 aromatic carbocycles. The number of rotatable bonds is 4. The van der Waals surface area contributed by atoms with Crippen molar-refractivity contribution in [2.45, 2.75) is 38.8 Å². The summed E-state index contributed by atoms with van der Waals surface area (Å²) in [5.41, 5.74) is 0. The largest absolute Gasteiger partial charge is 0.394 e. The highest BCUT2D eigenvalue weighted by Crippen LogP contribution is 2.18. The van der Waals surface area contributed by atoms with Gasteiger partial charge < -0.3 is 15.7 Å². The van der Waals surface area contributed by atoms with E-state index in [1.807, 2.05) is 13.8 Å². The molecular weight excluding hydrogens is 168 g/mol. The molecule has 3 N–H and O–H groups in total. The summed E-state index contributed by atoms with van der Waals surface area (Å²) in [4.78, 5) is 11.2. The maximum atomic E-state index is 11.2. The van der Waals surface area contributed by atoms with E-state index in [1.165, 1.54) is 0 Å². The number of hydrogen-bond donors (Lipinski definition) is 3. The van der Waals surface area contributed by atoms with Crippen LogP contribution in [0.25, 0.3) is 0 Å². The van der Waals surface area contributed by atoms with Crippen molar-refractivity contribution in [3.8, 4) is 0 Å². The van der Waals surface area contributed by atoms with E-state index < -0.39 is 0 Å². The number of aliphatic hydroxyl groups excluding tert-OH is 1. The number of aliphatic hydroxyl groups is 1. The van der Waals surface area contributed by atoms with Gasteiger partial charge in [0.05, 0.1) is 12.6 Å². The number of amides is 2. The lowest BCUT2D eigenvalue weighted by atomic mass is 10.1. The van der Waals surface area contributed by atoms with Crippen LogP contribution in [0.3, 0.4) is 0 Å². The van der Waals surface area contributed by atoms with E-state index in [9.17, 15) is 4.79 Å². The van der Waals surface area contributed by atoms with Gasteiger partial charge in [0.2, 0.25) is 0 Å². The molecule has 1 rings (SSSR count). The average molecular weight is 186 g/mol. The molecule has 2 amide bonds. The van der Waals surface area contributed by atoms with E-state index in [0.717, 1.165) is 12.8 Å². The van der Waals surface area contributed by atoms with E-state index >= 15 is 0 Å². The van der Waals surface area contributed by atoms with E-state index in [2.05, 4.69) is 10.6 Å². The molecule has 1 aliphatic carbocycles. The van der Waals surface area contributed by atoms with E-state index in [1.54, 1.807) is 0 Å². The van der Waals surface area contributed by atoms with E-state index in [0.29, 0.717) is 6.04 Å². The molecule has 0 aliphatic heterocycles. The van der Waals surface area contributed by atoms with Crippen molar-refractivity contribution in [2.75, 3.05) is 6.61 Å². The third-order valence-corrected chi connectivity index (χ3v) is 2.23. The third kappa shape index (κ3) is 3.63. The Morgan fingerprint density at radius 2 is 2.15 bits per heavy atom. The monoisotopic (exact) mass is 186 g/mol. The van der Waals surface area contributed by atoms with Gasteiger partial charge in [-0.3, -0.25) is 0 Å². The van der Waals surface area contributed by atoms with Crippen LogP contribution in [0.15, 0.2) is 0 Å². The number of hydrogen-bond acceptors (Lipinski definition) is 2. The maximum absolute atomic E-state index is 11.2. The molecule has 4 heteroatoms. The summed E-state index contributed by atoms with van der Waals surface area (Å²) in [6.45, 7) is 3.94. The Balaban J connectivity index is 2.22. The molecule has 1 unspecified atom stereocenters. The number of nitrogens with one attached hydrogen (secondary N) is 2. The normalized spacial score (nSPS) is 18.5. The number of urea groups is 1. The molecule has 4 nitrogen and oxygen atoms in total. The molecule has 0 heterocycles. The molecule has 0 bridgehead atoms. The summed E-state index contributed by atoms with van der Waals surface area (Å²) in [5, 5.41) is 14.5. The predicted octanol–water partition coefficient (Wildman–Crippen LogP) is 0.465. The first-order valence-corrected chi connectivity index (χ1v) is 4.81. The van der Waals surface area contributed by atoms with Gasteiger partial charge in [0, 0.05) is 6.04 Å². The molecule has 1 atom stereocenters. The molecular formula is C9H18N2O2. The minimum atomic E-state index is -0.157. The summed E-state index contributed by atoms with van der Waals surface area (Å²) in [7, 11) is 0. The smallest absolute Gasteiger partial charge is 0.315 e. The Kier molecular flexibility index (Phi) is 3.54. The molecule has 1 aliphatic rings. The lowest BCUT2D eigenvalue weighted by molar-refractivity contribution is 0.198. The Hall–Kier alpha value is -0.770. The van der Waals surface area contributed by atoms with Crippen molar-refractivity contribution in [1.29, 1.82) is 0 Å². The zero-order valence-electron chi connectivity index (χ0n) is 8.21. The fraction of sp³-hybridized carbons (Fsp3) is 0.889. The fourth-order valence-electron chi connectivity index (χ4n) is 1.05. The molecule has 0 radical (unpaired) electrons. The second-order valence-electron chi connectivity index (χ2n) is 3.93. The minimum absolute atomic E-state index is 0.00421. The van der Waals surface area contributed by atoms with Crippen LogP contribution in [0.4, 0.5) is 4.79 Å².